The lowest BCUT2D eigenvalue weighted by Crippen LogP contribution is -1.93. The lowest BCUT2D eigenvalue weighted by Gasteiger charge is -1.95. The van der Waals surface area contributed by atoms with Gasteiger partial charge in [0.25, 0.3) is 0 Å². The highest BCUT2D eigenvalue weighted by Gasteiger charge is 1.93. The molecular weight excluding hydrogens is 200 g/mol. The molecule has 0 aliphatic rings. The van der Waals surface area contributed by atoms with E-state index in [1.165, 1.54) is 11.1 Å². The second kappa shape index (κ2) is 7.46. The summed E-state index contributed by atoms with van der Waals surface area (Å²) in [5.74, 6) is -0.845. The molecule has 0 aromatic heterocycles. The number of hydrogen-bond donors (Lipinski definition) is 1. The molecule has 0 fully saturated rings. The van der Waals surface area contributed by atoms with Crippen LogP contribution in [0.4, 0.5) is 0 Å². The van der Waals surface area contributed by atoms with E-state index in [1.807, 2.05) is 18.2 Å². The summed E-state index contributed by atoms with van der Waals surface area (Å²) in [6, 6.07) is 8.19. The molecule has 0 radical (unpaired) electrons. The Balaban J connectivity index is 0.000000293. The summed E-state index contributed by atoms with van der Waals surface area (Å²) in [7, 11) is 0. The second-order valence-corrected chi connectivity index (χ2v) is 3.34. The molecule has 0 saturated heterocycles. The fourth-order valence-electron chi connectivity index (χ4n) is 0.939. The number of aliphatic carboxylic acids is 1. The maximum absolute atomic E-state index is 9.86. The maximum Gasteiger partial charge on any atom is 0.330 e. The van der Waals surface area contributed by atoms with Crippen LogP contribution in [0.3, 0.4) is 0 Å². The fraction of sp³-hybridized carbons (Fsp3) is 0.214. The monoisotopic (exact) mass is 218 g/mol. The van der Waals surface area contributed by atoms with Crippen molar-refractivity contribution in [2.75, 3.05) is 0 Å². The van der Waals surface area contributed by atoms with Gasteiger partial charge in [-0.2, -0.15) is 0 Å². The predicted octanol–water partition coefficient (Wildman–Crippen LogP) is 3.68. The normalized spacial score (nSPS) is 10.1. The van der Waals surface area contributed by atoms with Gasteiger partial charge in [-0.1, -0.05) is 43.0 Å². The van der Waals surface area contributed by atoms with E-state index in [1.54, 1.807) is 19.9 Å². The number of carboxylic acid groups (broad SMARTS) is 1. The van der Waals surface area contributed by atoms with Crippen LogP contribution >= 0.6 is 0 Å². The minimum atomic E-state index is -0.845. The van der Waals surface area contributed by atoms with E-state index in [0.29, 0.717) is 5.57 Å². The van der Waals surface area contributed by atoms with E-state index in [9.17, 15) is 4.79 Å². The molecule has 1 rings (SSSR count). The molecule has 0 heterocycles. The van der Waals surface area contributed by atoms with Crippen LogP contribution in [0.25, 0.3) is 6.08 Å². The van der Waals surface area contributed by atoms with E-state index >= 15 is 0 Å². The second-order valence-electron chi connectivity index (χ2n) is 3.34. The van der Waals surface area contributed by atoms with Gasteiger partial charge in [-0.3, -0.25) is 0 Å². The molecule has 0 bridgehead atoms. The quantitative estimate of drug-likeness (QED) is 0.769. The van der Waals surface area contributed by atoms with Crippen molar-refractivity contribution in [3.8, 4) is 0 Å². The zero-order chi connectivity index (χ0) is 12.6. The van der Waals surface area contributed by atoms with Gasteiger partial charge in [0, 0.05) is 5.57 Å². The first-order chi connectivity index (χ1) is 7.52. The number of aryl methyl sites for hydroxylation is 1. The van der Waals surface area contributed by atoms with Gasteiger partial charge in [-0.15, -0.1) is 0 Å². The average Bonchev–Trinajstić information content (AvgIpc) is 2.29. The molecule has 0 saturated carbocycles. The predicted molar refractivity (Wildman–Crippen MR) is 68.3 cm³/mol. The first kappa shape index (κ1) is 14.2. The van der Waals surface area contributed by atoms with E-state index in [-0.39, 0.29) is 0 Å². The van der Waals surface area contributed by atoms with Crippen LogP contribution in [0.15, 0.2) is 42.5 Å². The Kier molecular flexibility index (Phi) is 6.61. The highest BCUT2D eigenvalue weighted by Crippen LogP contribution is 2.06. The highest BCUT2D eigenvalue weighted by molar-refractivity contribution is 5.85. The van der Waals surface area contributed by atoms with Crippen molar-refractivity contribution >= 4 is 12.0 Å². The topological polar surface area (TPSA) is 37.3 Å². The van der Waals surface area contributed by atoms with Crippen molar-refractivity contribution in [2.45, 2.75) is 20.8 Å². The van der Waals surface area contributed by atoms with Crippen LogP contribution in [0.5, 0.6) is 0 Å². The van der Waals surface area contributed by atoms with Gasteiger partial charge in [-0.05, 0) is 31.9 Å². The standard InChI is InChI=1S/C9H10.C5H8O2/c1-3-9-7-5-4-6-8(9)2;1-3-4(2)5(6)7/h3-7H,1H2,2H3;3H,1-2H3,(H,6,7)/b;4-3+. The SMILES string of the molecule is C/C=C(\C)C(=O)O.C=Cc1ccccc1C. The molecule has 1 aromatic carbocycles. The van der Waals surface area contributed by atoms with Crippen molar-refractivity contribution in [2.24, 2.45) is 0 Å². The molecule has 1 aromatic rings. The molecule has 2 heteroatoms. The number of allylic oxidation sites excluding steroid dienone is 1. The highest BCUT2D eigenvalue weighted by atomic mass is 16.4. The molecule has 0 atom stereocenters. The zero-order valence-corrected chi connectivity index (χ0v) is 10.0. The van der Waals surface area contributed by atoms with Crippen LogP contribution in [0.1, 0.15) is 25.0 Å². The maximum atomic E-state index is 9.86. The molecular formula is C14H18O2. The van der Waals surface area contributed by atoms with Crippen molar-refractivity contribution in [3.05, 3.63) is 53.6 Å². The number of hydrogen-bond acceptors (Lipinski definition) is 1. The Hall–Kier alpha value is -1.83. The van der Waals surface area contributed by atoms with Gasteiger partial charge >= 0.3 is 5.97 Å². The lowest BCUT2D eigenvalue weighted by molar-refractivity contribution is -0.132. The molecule has 0 unspecified atom stereocenters. The van der Waals surface area contributed by atoms with Gasteiger partial charge < -0.3 is 5.11 Å². The first-order valence-corrected chi connectivity index (χ1v) is 5.07. The summed E-state index contributed by atoms with van der Waals surface area (Å²) < 4.78 is 0. The fourth-order valence-corrected chi connectivity index (χ4v) is 0.939. The lowest BCUT2D eigenvalue weighted by atomic mass is 10.1. The summed E-state index contributed by atoms with van der Waals surface area (Å²) in [4.78, 5) is 9.86. The smallest absolute Gasteiger partial charge is 0.330 e. The Labute approximate surface area is 96.9 Å². The Morgan fingerprint density at radius 3 is 2.19 bits per heavy atom. The molecule has 2 nitrogen and oxygen atoms in total. The zero-order valence-electron chi connectivity index (χ0n) is 10.0. The van der Waals surface area contributed by atoms with E-state index < -0.39 is 5.97 Å². The number of benzene rings is 1. The number of carbonyl (C=O) groups is 1. The average molecular weight is 218 g/mol. The summed E-state index contributed by atoms with van der Waals surface area (Å²) in [6.07, 6.45) is 3.43. The number of rotatable bonds is 2. The largest absolute Gasteiger partial charge is 0.478 e. The van der Waals surface area contributed by atoms with Crippen LogP contribution in [-0.2, 0) is 4.79 Å². The van der Waals surface area contributed by atoms with Gasteiger partial charge in [0.05, 0.1) is 0 Å². The minimum absolute atomic E-state index is 0.389. The third kappa shape index (κ3) is 5.15. The van der Waals surface area contributed by atoms with Crippen LogP contribution < -0.4 is 0 Å². The summed E-state index contributed by atoms with van der Waals surface area (Å²) in [5.41, 5.74) is 2.89. The van der Waals surface area contributed by atoms with Crippen molar-refractivity contribution in [1.82, 2.24) is 0 Å². The molecule has 86 valence electrons. The third-order valence-corrected chi connectivity index (χ3v) is 2.18. The molecule has 16 heavy (non-hydrogen) atoms. The summed E-state index contributed by atoms with van der Waals surface area (Å²) >= 11 is 0. The number of carboxylic acids is 1. The van der Waals surface area contributed by atoms with E-state index in [0.717, 1.165) is 0 Å². The van der Waals surface area contributed by atoms with Crippen LogP contribution in [0.2, 0.25) is 0 Å². The van der Waals surface area contributed by atoms with Crippen molar-refractivity contribution < 1.29 is 9.90 Å². The van der Waals surface area contributed by atoms with E-state index in [4.69, 9.17) is 5.11 Å². The molecule has 0 spiro atoms. The molecule has 0 amide bonds. The Bertz CT molecular complexity index is 389. The molecule has 0 aliphatic heterocycles. The molecule has 1 N–H and O–H groups in total. The minimum Gasteiger partial charge on any atom is -0.478 e. The Morgan fingerprint density at radius 1 is 1.38 bits per heavy atom. The first-order valence-electron chi connectivity index (χ1n) is 5.07. The van der Waals surface area contributed by atoms with Gasteiger partial charge in [0.2, 0.25) is 0 Å². The van der Waals surface area contributed by atoms with Gasteiger partial charge in [-0.25, -0.2) is 4.79 Å². The van der Waals surface area contributed by atoms with Crippen LogP contribution in [-0.4, -0.2) is 11.1 Å². The van der Waals surface area contributed by atoms with Crippen molar-refractivity contribution in [3.63, 3.8) is 0 Å². The van der Waals surface area contributed by atoms with Crippen LogP contribution in [0, 0.1) is 6.92 Å². The van der Waals surface area contributed by atoms with Gasteiger partial charge in [0.1, 0.15) is 0 Å². The van der Waals surface area contributed by atoms with Crippen molar-refractivity contribution in [1.29, 1.82) is 0 Å². The Morgan fingerprint density at radius 2 is 1.94 bits per heavy atom. The van der Waals surface area contributed by atoms with E-state index in [2.05, 4.69) is 25.6 Å². The summed E-state index contributed by atoms with van der Waals surface area (Å²) in [5, 5.41) is 8.11. The third-order valence-electron chi connectivity index (χ3n) is 2.18. The van der Waals surface area contributed by atoms with Gasteiger partial charge in [0.15, 0.2) is 0 Å². The molecule has 0 aliphatic carbocycles. The summed E-state index contributed by atoms with van der Waals surface area (Å²) in [6.45, 7) is 9.03.